The minimum Gasteiger partial charge on any atom is -0.456 e. The van der Waals surface area contributed by atoms with Gasteiger partial charge in [0, 0.05) is 13.1 Å². The Kier molecular flexibility index (Phi) is 2.57. The third-order valence-electron chi connectivity index (χ3n) is 2.77. The predicted octanol–water partition coefficient (Wildman–Crippen LogP) is 1.47. The molecule has 1 saturated heterocycles. The number of cyclic esters (lactones) is 1. The molecule has 0 unspecified atom stereocenters. The number of likely N-dealkylation sites (tertiary alicyclic amines) is 1. The summed E-state index contributed by atoms with van der Waals surface area (Å²) < 4.78 is 5.04. The molecule has 2 heterocycles. The van der Waals surface area contributed by atoms with Gasteiger partial charge in [0.15, 0.2) is 0 Å². The molecule has 0 N–H and O–H groups in total. The fraction of sp³-hybridized carbons (Fsp3) is 0.545. The summed E-state index contributed by atoms with van der Waals surface area (Å²) in [6.45, 7) is 6.24. The van der Waals surface area contributed by atoms with E-state index >= 15 is 0 Å². The summed E-state index contributed by atoms with van der Waals surface area (Å²) in [7, 11) is 0. The molecule has 2 rings (SSSR count). The van der Waals surface area contributed by atoms with Crippen molar-refractivity contribution in [2.75, 3.05) is 19.7 Å². The van der Waals surface area contributed by atoms with Crippen LogP contribution in [0.2, 0.25) is 0 Å². The minimum absolute atomic E-state index is 0.160. The van der Waals surface area contributed by atoms with Crippen molar-refractivity contribution in [2.24, 2.45) is 0 Å². The Hall–Kier alpha value is -1.25. The molecule has 14 heavy (non-hydrogen) atoms. The molecule has 0 bridgehead atoms. The van der Waals surface area contributed by atoms with Gasteiger partial charge in [0.2, 0.25) is 0 Å². The molecule has 3 nitrogen and oxygen atoms in total. The summed E-state index contributed by atoms with van der Waals surface area (Å²) in [6.07, 6.45) is 4.83. The van der Waals surface area contributed by atoms with Crippen LogP contribution in [0.15, 0.2) is 23.9 Å². The first-order valence-corrected chi connectivity index (χ1v) is 5.08. The van der Waals surface area contributed by atoms with Crippen LogP contribution in [0, 0.1) is 0 Å². The van der Waals surface area contributed by atoms with Crippen molar-refractivity contribution in [3.63, 3.8) is 0 Å². The highest BCUT2D eigenvalue weighted by molar-refractivity contribution is 5.91. The van der Waals surface area contributed by atoms with E-state index in [2.05, 4.69) is 11.5 Å². The van der Waals surface area contributed by atoms with Gasteiger partial charge in [-0.25, -0.2) is 4.79 Å². The molecule has 0 amide bonds. The number of carbonyl (C=O) groups excluding carboxylic acids is 1. The first-order valence-electron chi connectivity index (χ1n) is 5.08. The SMILES string of the molecule is C=CCC1=C(N2CCCC2)COC1=O. The average Bonchev–Trinajstić information content (AvgIpc) is 2.77. The van der Waals surface area contributed by atoms with E-state index in [9.17, 15) is 4.79 Å². The van der Waals surface area contributed by atoms with Crippen LogP contribution in [-0.4, -0.2) is 30.6 Å². The topological polar surface area (TPSA) is 29.5 Å². The van der Waals surface area contributed by atoms with Crippen molar-refractivity contribution in [1.29, 1.82) is 0 Å². The highest BCUT2D eigenvalue weighted by Crippen LogP contribution is 2.25. The second kappa shape index (κ2) is 3.86. The molecule has 0 aromatic heterocycles. The summed E-state index contributed by atoms with van der Waals surface area (Å²) in [5.74, 6) is -0.160. The molecule has 0 spiro atoms. The van der Waals surface area contributed by atoms with Gasteiger partial charge in [-0.2, -0.15) is 0 Å². The first kappa shape index (κ1) is 9.31. The Morgan fingerprint density at radius 2 is 2.14 bits per heavy atom. The van der Waals surface area contributed by atoms with Crippen molar-refractivity contribution in [1.82, 2.24) is 4.90 Å². The fourth-order valence-corrected chi connectivity index (χ4v) is 2.04. The van der Waals surface area contributed by atoms with Crippen molar-refractivity contribution in [2.45, 2.75) is 19.3 Å². The average molecular weight is 193 g/mol. The number of hydrogen-bond donors (Lipinski definition) is 0. The van der Waals surface area contributed by atoms with Crippen molar-refractivity contribution in [3.8, 4) is 0 Å². The lowest BCUT2D eigenvalue weighted by Gasteiger charge is -2.18. The summed E-state index contributed by atoms with van der Waals surface area (Å²) in [5.41, 5.74) is 1.90. The van der Waals surface area contributed by atoms with Gasteiger partial charge < -0.3 is 9.64 Å². The number of hydrogen-bond acceptors (Lipinski definition) is 3. The van der Waals surface area contributed by atoms with Gasteiger partial charge in [-0.1, -0.05) is 6.08 Å². The zero-order valence-electron chi connectivity index (χ0n) is 8.29. The van der Waals surface area contributed by atoms with Crippen LogP contribution >= 0.6 is 0 Å². The molecule has 0 aromatic carbocycles. The maximum absolute atomic E-state index is 11.4. The summed E-state index contributed by atoms with van der Waals surface area (Å²) in [5, 5.41) is 0. The van der Waals surface area contributed by atoms with Crippen LogP contribution in [0.4, 0.5) is 0 Å². The second-order valence-electron chi connectivity index (χ2n) is 3.69. The predicted molar refractivity (Wildman–Crippen MR) is 53.6 cm³/mol. The van der Waals surface area contributed by atoms with E-state index in [0.717, 1.165) is 24.4 Å². The van der Waals surface area contributed by atoms with Crippen molar-refractivity contribution < 1.29 is 9.53 Å². The second-order valence-corrected chi connectivity index (χ2v) is 3.69. The molecule has 3 heteroatoms. The molecular weight excluding hydrogens is 178 g/mol. The van der Waals surface area contributed by atoms with E-state index in [0.29, 0.717) is 13.0 Å². The quantitative estimate of drug-likeness (QED) is 0.502. The van der Waals surface area contributed by atoms with Gasteiger partial charge in [0.25, 0.3) is 0 Å². The largest absolute Gasteiger partial charge is 0.456 e. The smallest absolute Gasteiger partial charge is 0.336 e. The molecular formula is C11H15NO2. The minimum atomic E-state index is -0.160. The number of nitrogens with zero attached hydrogens (tertiary/aromatic N) is 1. The van der Waals surface area contributed by atoms with Gasteiger partial charge in [-0.05, 0) is 19.3 Å². The van der Waals surface area contributed by atoms with Crippen LogP contribution in [0.3, 0.4) is 0 Å². The van der Waals surface area contributed by atoms with Gasteiger partial charge in [0.1, 0.15) is 6.61 Å². The maximum Gasteiger partial charge on any atom is 0.336 e. The van der Waals surface area contributed by atoms with E-state index in [1.807, 2.05) is 0 Å². The molecule has 2 aliphatic rings. The summed E-state index contributed by atoms with van der Waals surface area (Å²) in [4.78, 5) is 13.6. The van der Waals surface area contributed by atoms with Crippen molar-refractivity contribution >= 4 is 5.97 Å². The molecule has 0 aliphatic carbocycles. The number of allylic oxidation sites excluding steroid dienone is 1. The number of esters is 1. The molecule has 2 aliphatic heterocycles. The zero-order chi connectivity index (χ0) is 9.97. The van der Waals surface area contributed by atoms with Gasteiger partial charge in [-0.3, -0.25) is 0 Å². The van der Waals surface area contributed by atoms with Gasteiger partial charge in [0.05, 0.1) is 11.3 Å². The van der Waals surface area contributed by atoms with Crippen LogP contribution in [-0.2, 0) is 9.53 Å². The number of ether oxygens (including phenoxy) is 1. The zero-order valence-corrected chi connectivity index (χ0v) is 8.29. The van der Waals surface area contributed by atoms with Crippen LogP contribution in [0.5, 0.6) is 0 Å². The Morgan fingerprint density at radius 3 is 2.79 bits per heavy atom. The summed E-state index contributed by atoms with van der Waals surface area (Å²) >= 11 is 0. The van der Waals surface area contributed by atoms with E-state index in [4.69, 9.17) is 4.74 Å². The highest BCUT2D eigenvalue weighted by atomic mass is 16.5. The Balaban J connectivity index is 2.19. The maximum atomic E-state index is 11.4. The highest BCUT2D eigenvalue weighted by Gasteiger charge is 2.28. The van der Waals surface area contributed by atoms with Gasteiger partial charge in [-0.15, -0.1) is 6.58 Å². The third-order valence-corrected chi connectivity index (χ3v) is 2.77. The normalized spacial score (nSPS) is 21.7. The monoisotopic (exact) mass is 193 g/mol. The lowest BCUT2D eigenvalue weighted by atomic mass is 10.1. The van der Waals surface area contributed by atoms with E-state index < -0.39 is 0 Å². The van der Waals surface area contributed by atoms with Crippen molar-refractivity contribution in [3.05, 3.63) is 23.9 Å². The third kappa shape index (κ3) is 1.54. The Morgan fingerprint density at radius 1 is 1.43 bits per heavy atom. The molecule has 0 aromatic rings. The van der Waals surface area contributed by atoms with Crippen LogP contribution in [0.25, 0.3) is 0 Å². The number of carbonyl (C=O) groups is 1. The van der Waals surface area contributed by atoms with E-state index in [1.165, 1.54) is 12.8 Å². The molecule has 0 saturated carbocycles. The van der Waals surface area contributed by atoms with Crippen LogP contribution in [0.1, 0.15) is 19.3 Å². The lowest BCUT2D eigenvalue weighted by molar-refractivity contribution is -0.136. The standard InChI is InChI=1S/C11H15NO2/c1-2-5-9-10(8-14-11(9)13)12-6-3-4-7-12/h2H,1,3-8H2. The molecule has 0 atom stereocenters. The molecule has 0 radical (unpaired) electrons. The lowest BCUT2D eigenvalue weighted by Crippen LogP contribution is -2.20. The van der Waals surface area contributed by atoms with Gasteiger partial charge >= 0.3 is 5.97 Å². The molecule has 76 valence electrons. The fourth-order valence-electron chi connectivity index (χ4n) is 2.04. The Labute approximate surface area is 84.0 Å². The molecule has 1 fully saturated rings. The van der Waals surface area contributed by atoms with Crippen LogP contribution < -0.4 is 0 Å². The Bertz CT molecular complexity index is 288. The number of rotatable bonds is 3. The van der Waals surface area contributed by atoms with E-state index in [1.54, 1.807) is 6.08 Å². The first-order chi connectivity index (χ1) is 6.83. The van der Waals surface area contributed by atoms with E-state index in [-0.39, 0.29) is 5.97 Å². The summed E-state index contributed by atoms with van der Waals surface area (Å²) in [6, 6.07) is 0.